The van der Waals surface area contributed by atoms with E-state index in [1.165, 1.54) is 6.07 Å². The normalized spacial score (nSPS) is 16.2. The van der Waals surface area contributed by atoms with Gasteiger partial charge in [0, 0.05) is 18.0 Å². The molecule has 1 radical (unpaired) electrons. The van der Waals surface area contributed by atoms with E-state index in [9.17, 15) is 9.18 Å². The molecule has 1 aromatic heterocycles. The predicted molar refractivity (Wildman–Crippen MR) is 110 cm³/mol. The number of benzene rings is 2. The fourth-order valence-corrected chi connectivity index (χ4v) is 3.60. The minimum atomic E-state index is -0.409. The molecular formula is C22H17FN3O2S. The first kappa shape index (κ1) is 19.0. The van der Waals surface area contributed by atoms with Crippen molar-refractivity contribution in [2.45, 2.75) is 10.9 Å². The van der Waals surface area contributed by atoms with Gasteiger partial charge < -0.3 is 9.46 Å². The van der Waals surface area contributed by atoms with E-state index in [1.54, 1.807) is 47.6 Å². The van der Waals surface area contributed by atoms with Crippen molar-refractivity contribution in [3.05, 3.63) is 96.2 Å². The van der Waals surface area contributed by atoms with Crippen LogP contribution in [0.4, 0.5) is 14.9 Å². The lowest BCUT2D eigenvalue weighted by Gasteiger charge is -2.23. The Balaban J connectivity index is 1.54. The highest BCUT2D eigenvalue weighted by Gasteiger charge is 2.36. The summed E-state index contributed by atoms with van der Waals surface area (Å²) in [5.74, 6) is -0.306. The Labute approximate surface area is 172 Å². The molecule has 145 valence electrons. The summed E-state index contributed by atoms with van der Waals surface area (Å²) in [4.78, 5) is 18.7. The van der Waals surface area contributed by atoms with E-state index in [4.69, 9.17) is 4.74 Å². The second-order valence-electron chi connectivity index (χ2n) is 6.23. The summed E-state index contributed by atoms with van der Waals surface area (Å²) in [5.41, 5.74) is 2.35. The van der Waals surface area contributed by atoms with E-state index in [0.717, 1.165) is 17.5 Å². The number of carbonyl (C=O) groups is 1. The molecule has 0 unspecified atom stereocenters. The Bertz CT molecular complexity index is 1030. The third-order valence-electron chi connectivity index (χ3n) is 4.43. The largest absolute Gasteiger partial charge is 0.447 e. The van der Waals surface area contributed by atoms with Crippen LogP contribution in [0.25, 0.3) is 6.08 Å². The van der Waals surface area contributed by atoms with Crippen LogP contribution in [0.15, 0.2) is 78.0 Å². The van der Waals surface area contributed by atoms with Crippen LogP contribution >= 0.6 is 11.9 Å². The summed E-state index contributed by atoms with van der Waals surface area (Å²) >= 11 is 1.11. The number of halogens is 1. The summed E-state index contributed by atoms with van der Waals surface area (Å²) in [7, 11) is 0. The van der Waals surface area contributed by atoms with Gasteiger partial charge >= 0.3 is 6.09 Å². The first-order chi connectivity index (χ1) is 14.2. The maximum atomic E-state index is 13.7. The molecule has 1 N–H and O–H groups in total. The van der Waals surface area contributed by atoms with Crippen LogP contribution in [0.5, 0.6) is 0 Å². The van der Waals surface area contributed by atoms with Crippen molar-refractivity contribution in [1.82, 2.24) is 9.71 Å². The quantitative estimate of drug-likeness (QED) is 0.462. The average Bonchev–Trinajstić information content (AvgIpc) is 3.14. The molecule has 0 spiro atoms. The van der Waals surface area contributed by atoms with Gasteiger partial charge in [0.1, 0.15) is 12.4 Å². The maximum Gasteiger partial charge on any atom is 0.415 e. The molecule has 5 nitrogen and oxygen atoms in total. The van der Waals surface area contributed by atoms with Gasteiger partial charge in [0.15, 0.2) is 0 Å². The minimum Gasteiger partial charge on any atom is -0.447 e. The van der Waals surface area contributed by atoms with Gasteiger partial charge in [0.05, 0.1) is 22.8 Å². The molecule has 3 aromatic rings. The molecule has 2 aromatic carbocycles. The van der Waals surface area contributed by atoms with Gasteiger partial charge in [-0.2, -0.15) is 0 Å². The average molecular weight is 406 g/mol. The second kappa shape index (κ2) is 8.79. The molecule has 0 aliphatic carbocycles. The fourth-order valence-electron chi connectivity index (χ4n) is 3.06. The molecule has 2 heterocycles. The van der Waals surface area contributed by atoms with Crippen molar-refractivity contribution in [1.29, 1.82) is 0 Å². The van der Waals surface area contributed by atoms with Crippen molar-refractivity contribution in [3.8, 4) is 0 Å². The fraction of sp³-hybridized carbons (Fsp3) is 0.0909. The topological polar surface area (TPSA) is 54.5 Å². The van der Waals surface area contributed by atoms with E-state index >= 15 is 0 Å². The molecule has 0 saturated carbocycles. The third-order valence-corrected chi connectivity index (χ3v) is 5.20. The number of hydrogen-bond donors (Lipinski definition) is 1. The molecule has 1 aliphatic rings. The first-order valence-corrected chi connectivity index (χ1v) is 9.76. The van der Waals surface area contributed by atoms with E-state index in [2.05, 4.69) is 15.9 Å². The van der Waals surface area contributed by atoms with Gasteiger partial charge in [0.2, 0.25) is 0 Å². The summed E-state index contributed by atoms with van der Waals surface area (Å²) in [6.07, 6.45) is 7.45. The molecule has 1 saturated heterocycles. The summed E-state index contributed by atoms with van der Waals surface area (Å²) < 4.78 is 21.9. The first-order valence-electron chi connectivity index (χ1n) is 8.94. The molecule has 4 rings (SSSR count). The van der Waals surface area contributed by atoms with Gasteiger partial charge in [-0.15, -0.1) is 0 Å². The number of hydrogen-bond acceptors (Lipinski definition) is 5. The lowest BCUT2D eigenvalue weighted by atomic mass is 10.1. The Kier molecular flexibility index (Phi) is 5.76. The van der Waals surface area contributed by atoms with Crippen LogP contribution in [0.2, 0.25) is 0 Å². The molecule has 1 fully saturated rings. The molecular weight excluding hydrogens is 389 g/mol. The highest BCUT2D eigenvalue weighted by Crippen LogP contribution is 2.35. The number of aromatic nitrogens is 1. The van der Waals surface area contributed by atoms with Crippen molar-refractivity contribution in [3.63, 3.8) is 0 Å². The number of nitrogens with zero attached hydrogens (tertiary/aromatic N) is 2. The highest BCUT2D eigenvalue weighted by atomic mass is 32.2. The number of pyridine rings is 1. The summed E-state index contributed by atoms with van der Waals surface area (Å²) in [5, 5.41) is 0. The van der Waals surface area contributed by atoms with E-state index in [1.807, 2.05) is 30.3 Å². The van der Waals surface area contributed by atoms with Gasteiger partial charge in [-0.25, -0.2) is 9.18 Å². The van der Waals surface area contributed by atoms with E-state index in [0.29, 0.717) is 16.1 Å². The molecule has 7 heteroatoms. The smallest absolute Gasteiger partial charge is 0.415 e. The van der Waals surface area contributed by atoms with Crippen molar-refractivity contribution < 1.29 is 13.9 Å². The number of nitrogens with one attached hydrogen (secondary N) is 1. The van der Waals surface area contributed by atoms with Gasteiger partial charge in [-0.05, 0) is 41.8 Å². The van der Waals surface area contributed by atoms with E-state index < -0.39 is 6.09 Å². The number of anilines is 1. The van der Waals surface area contributed by atoms with Crippen LogP contribution in [0, 0.1) is 12.0 Å². The number of ether oxygens (including phenoxy) is 1. The predicted octanol–water partition coefficient (Wildman–Crippen LogP) is 4.99. The second-order valence-corrected chi connectivity index (χ2v) is 7.08. The summed E-state index contributed by atoms with van der Waals surface area (Å²) in [6, 6.07) is 17.7. The highest BCUT2D eigenvalue weighted by molar-refractivity contribution is 7.97. The third kappa shape index (κ3) is 4.25. The summed E-state index contributed by atoms with van der Waals surface area (Å²) in [6.45, 7) is 0.277. The zero-order valence-corrected chi connectivity index (χ0v) is 16.1. The minimum absolute atomic E-state index is 0.223. The van der Waals surface area contributed by atoms with Crippen molar-refractivity contribution >= 4 is 29.8 Å². The molecule has 0 bridgehead atoms. The Hall–Kier alpha value is -3.32. The zero-order chi connectivity index (χ0) is 20.1. The van der Waals surface area contributed by atoms with E-state index in [-0.39, 0.29) is 18.5 Å². The Morgan fingerprint density at radius 2 is 1.97 bits per heavy atom. The van der Waals surface area contributed by atoms with Gasteiger partial charge in [-0.1, -0.05) is 42.5 Å². The van der Waals surface area contributed by atoms with Gasteiger partial charge in [0.25, 0.3) is 0 Å². The standard InChI is InChI=1S/C22H17FN3O2S/c23-18-8-4-5-9-21(18)29-25-13-10-17-14-24-12-11-19(17)26-20(15-28-22(26)27)16-6-2-1-3-7-16/h1-12,14,20,25H,15H2/t20-/m0/s1. The number of amides is 1. The van der Waals surface area contributed by atoms with Crippen LogP contribution < -0.4 is 9.62 Å². The monoisotopic (exact) mass is 406 g/mol. The van der Waals surface area contributed by atoms with Crippen molar-refractivity contribution in [2.75, 3.05) is 11.5 Å². The Morgan fingerprint density at radius 1 is 1.17 bits per heavy atom. The molecule has 1 amide bonds. The molecule has 1 aliphatic heterocycles. The lowest BCUT2D eigenvalue weighted by Crippen LogP contribution is -2.28. The number of carbonyl (C=O) groups excluding carboxylic acids is 1. The van der Waals surface area contributed by atoms with Crippen LogP contribution in [0.3, 0.4) is 0 Å². The lowest BCUT2D eigenvalue weighted by molar-refractivity contribution is 0.179. The SMILES string of the molecule is O=C1OC[C@@H](c2ccccc2)N1c1ccncc1/C=[C]/NSc1ccccc1F. The number of rotatable bonds is 6. The molecule has 1 atom stereocenters. The van der Waals surface area contributed by atoms with Crippen LogP contribution in [-0.4, -0.2) is 17.7 Å². The van der Waals surface area contributed by atoms with Crippen LogP contribution in [0.1, 0.15) is 17.2 Å². The van der Waals surface area contributed by atoms with Gasteiger partial charge in [-0.3, -0.25) is 9.88 Å². The Morgan fingerprint density at radius 3 is 2.79 bits per heavy atom. The zero-order valence-electron chi connectivity index (χ0n) is 15.3. The number of cyclic esters (lactones) is 1. The van der Waals surface area contributed by atoms with Crippen LogP contribution in [-0.2, 0) is 4.74 Å². The van der Waals surface area contributed by atoms with Crippen molar-refractivity contribution in [2.24, 2.45) is 0 Å². The maximum absolute atomic E-state index is 13.7. The molecule has 29 heavy (non-hydrogen) atoms.